The Kier molecular flexibility index (Phi) is 8.06. The van der Waals surface area contributed by atoms with Crippen molar-refractivity contribution in [2.45, 2.75) is 24.5 Å². The van der Waals surface area contributed by atoms with Gasteiger partial charge in [-0.15, -0.1) is 4.94 Å². The van der Waals surface area contributed by atoms with E-state index in [-0.39, 0.29) is 19.1 Å². The van der Waals surface area contributed by atoms with Gasteiger partial charge < -0.3 is 18.0 Å². The monoisotopic (exact) mass is 328 g/mol. The average Bonchev–Trinajstić information content (AvgIpc) is 2.43. The van der Waals surface area contributed by atoms with Gasteiger partial charge in [0.1, 0.15) is 6.61 Å². The Morgan fingerprint density at radius 2 is 1.45 bits per heavy atom. The summed E-state index contributed by atoms with van der Waals surface area (Å²) in [7, 11) is 1.25. The van der Waals surface area contributed by atoms with Gasteiger partial charge in [-0.3, -0.25) is 0 Å². The third kappa shape index (κ3) is 5.22. The largest absolute Gasteiger partial charge is 0.500 e. The molecule has 0 spiro atoms. The summed E-state index contributed by atoms with van der Waals surface area (Å²) >= 11 is 0. The van der Waals surface area contributed by atoms with E-state index < -0.39 is 27.4 Å². The van der Waals surface area contributed by atoms with Crippen molar-refractivity contribution in [3.63, 3.8) is 0 Å². The molecule has 0 aliphatic heterocycles. The number of hydrogen-bond acceptors (Lipinski definition) is 5. The number of halogens is 5. The molecule has 0 aromatic rings. The molecular weight excluding hydrogens is 311 g/mol. The van der Waals surface area contributed by atoms with Crippen molar-refractivity contribution in [1.29, 1.82) is 0 Å². The lowest BCUT2D eigenvalue weighted by Gasteiger charge is -2.24. The van der Waals surface area contributed by atoms with Crippen LogP contribution < -0.4 is 0 Å². The van der Waals surface area contributed by atoms with Crippen LogP contribution in [0.3, 0.4) is 0 Å². The molecule has 0 bridgehead atoms. The van der Waals surface area contributed by atoms with E-state index >= 15 is 0 Å². The van der Waals surface area contributed by atoms with Crippen molar-refractivity contribution < 1.29 is 45.0 Å². The van der Waals surface area contributed by atoms with E-state index in [9.17, 15) is 22.1 Å². The Morgan fingerprint density at radius 3 is 1.85 bits per heavy atom. The zero-order chi connectivity index (χ0) is 15.9. The Balaban J connectivity index is 4.10. The third-order valence-corrected chi connectivity index (χ3v) is 5.34. The Hall–Kier alpha value is -0.333. The summed E-state index contributed by atoms with van der Waals surface area (Å²) in [5.41, 5.74) is 0. The van der Waals surface area contributed by atoms with Crippen LogP contribution in [0, 0.1) is 0 Å². The summed E-state index contributed by atoms with van der Waals surface area (Å²) in [5.74, 6) is -4.76. The van der Waals surface area contributed by atoms with Crippen LogP contribution >= 0.6 is 0 Å². The quantitative estimate of drug-likeness (QED) is 0.331. The summed E-state index contributed by atoms with van der Waals surface area (Å²) in [6, 6.07) is 0.248. The highest BCUT2D eigenvalue weighted by Crippen LogP contribution is 2.35. The Bertz CT molecular complexity index is 269. The van der Waals surface area contributed by atoms with Gasteiger partial charge in [0, 0.05) is 34.0 Å². The molecule has 11 heteroatoms. The van der Waals surface area contributed by atoms with E-state index in [1.54, 1.807) is 0 Å². The van der Waals surface area contributed by atoms with Crippen LogP contribution in [0.1, 0.15) is 6.42 Å². The maximum Gasteiger partial charge on any atom is 0.500 e. The average molecular weight is 328 g/mol. The third-order valence-electron chi connectivity index (χ3n) is 2.51. The standard InChI is InChI=1S/C9H17F5O5Si/c1-15-20(16-2,17-3)6-4-5-18-7-8(10,11)9(12,13)19-14/h4-7H2,1-3H3. The molecule has 0 aromatic heterocycles. The molecule has 0 rings (SSSR count). The van der Waals surface area contributed by atoms with Crippen LogP contribution in [0.2, 0.25) is 6.04 Å². The summed E-state index contributed by atoms with van der Waals surface area (Å²) in [4.78, 5) is 1.95. The lowest BCUT2D eigenvalue weighted by Crippen LogP contribution is -2.45. The summed E-state index contributed by atoms with van der Waals surface area (Å²) < 4.78 is 81.0. The van der Waals surface area contributed by atoms with Gasteiger partial charge in [0.2, 0.25) is 0 Å². The Labute approximate surface area is 114 Å². The Morgan fingerprint density at radius 1 is 0.950 bits per heavy atom. The lowest BCUT2D eigenvalue weighted by atomic mass is 10.3. The number of alkyl halides is 4. The smallest absolute Gasteiger partial charge is 0.377 e. The van der Waals surface area contributed by atoms with Crippen LogP contribution in [0.15, 0.2) is 0 Å². The summed E-state index contributed by atoms with van der Waals surface area (Å²) in [6.07, 6.45) is -5.04. The molecule has 0 fully saturated rings. The van der Waals surface area contributed by atoms with Crippen LogP contribution in [0.25, 0.3) is 0 Å². The number of ether oxygens (including phenoxy) is 1. The maximum absolute atomic E-state index is 12.8. The molecule has 0 aromatic carbocycles. The molecule has 0 atom stereocenters. The number of hydrogen-bond donors (Lipinski definition) is 0. The summed E-state index contributed by atoms with van der Waals surface area (Å²) in [5, 5.41) is 0. The van der Waals surface area contributed by atoms with E-state index in [0.29, 0.717) is 0 Å². The first-order valence-electron chi connectivity index (χ1n) is 5.49. The first-order valence-corrected chi connectivity index (χ1v) is 7.42. The fourth-order valence-corrected chi connectivity index (χ4v) is 2.98. The molecule has 20 heavy (non-hydrogen) atoms. The van der Waals surface area contributed by atoms with Gasteiger partial charge in [0.15, 0.2) is 0 Å². The highest BCUT2D eigenvalue weighted by atomic mass is 28.4. The van der Waals surface area contributed by atoms with E-state index in [2.05, 4.69) is 4.74 Å². The minimum Gasteiger partial charge on any atom is -0.377 e. The van der Waals surface area contributed by atoms with E-state index in [0.717, 1.165) is 0 Å². The molecule has 122 valence electrons. The van der Waals surface area contributed by atoms with Crippen LogP contribution in [0.4, 0.5) is 22.1 Å². The fraction of sp³-hybridized carbons (Fsp3) is 1.00. The SMILES string of the molecule is CO[Si](CCCOCC(F)(F)C(F)(F)OF)(OC)OC. The highest BCUT2D eigenvalue weighted by molar-refractivity contribution is 6.60. The number of rotatable bonds is 11. The van der Waals surface area contributed by atoms with Crippen LogP contribution in [0.5, 0.6) is 0 Å². The van der Waals surface area contributed by atoms with Gasteiger partial charge in [-0.1, -0.05) is 0 Å². The maximum atomic E-state index is 12.8. The predicted octanol–water partition coefficient (Wildman–Crippen LogP) is 2.40. The van der Waals surface area contributed by atoms with Crippen molar-refractivity contribution in [2.75, 3.05) is 34.5 Å². The van der Waals surface area contributed by atoms with Gasteiger partial charge in [-0.2, -0.15) is 17.6 Å². The minimum absolute atomic E-state index is 0.180. The molecule has 5 nitrogen and oxygen atoms in total. The fourth-order valence-electron chi connectivity index (χ4n) is 1.29. The van der Waals surface area contributed by atoms with Crippen molar-refractivity contribution in [1.82, 2.24) is 0 Å². The first kappa shape index (κ1) is 19.7. The predicted molar refractivity (Wildman–Crippen MR) is 59.1 cm³/mol. The van der Waals surface area contributed by atoms with Crippen molar-refractivity contribution in [3.05, 3.63) is 0 Å². The lowest BCUT2D eigenvalue weighted by molar-refractivity contribution is -0.428. The molecule has 0 aliphatic carbocycles. The molecule has 0 heterocycles. The molecule has 0 amide bonds. The van der Waals surface area contributed by atoms with Gasteiger partial charge in [-0.05, 0) is 10.9 Å². The topological polar surface area (TPSA) is 46.2 Å². The van der Waals surface area contributed by atoms with E-state index in [4.69, 9.17) is 13.3 Å². The molecule has 0 radical (unpaired) electrons. The molecule has 0 saturated carbocycles. The molecule has 0 unspecified atom stereocenters. The van der Waals surface area contributed by atoms with Crippen molar-refractivity contribution in [2.24, 2.45) is 0 Å². The first-order chi connectivity index (χ1) is 9.20. The second-order valence-corrected chi connectivity index (χ2v) is 6.84. The van der Waals surface area contributed by atoms with Gasteiger partial charge in [0.25, 0.3) is 0 Å². The zero-order valence-corrected chi connectivity index (χ0v) is 12.3. The normalized spacial score (nSPS) is 13.8. The molecule has 0 saturated heterocycles. The highest BCUT2D eigenvalue weighted by Gasteiger charge is 2.59. The van der Waals surface area contributed by atoms with Gasteiger partial charge in [0.05, 0.1) is 0 Å². The zero-order valence-electron chi connectivity index (χ0n) is 11.3. The summed E-state index contributed by atoms with van der Waals surface area (Å²) in [6.45, 7) is -1.95. The van der Waals surface area contributed by atoms with Gasteiger partial charge in [-0.25, -0.2) is 0 Å². The van der Waals surface area contributed by atoms with E-state index in [1.807, 2.05) is 4.94 Å². The minimum atomic E-state index is -5.23. The van der Waals surface area contributed by atoms with Crippen LogP contribution in [-0.2, 0) is 23.0 Å². The second-order valence-electron chi connectivity index (χ2n) is 3.75. The molecule has 0 N–H and O–H groups in total. The van der Waals surface area contributed by atoms with Crippen molar-refractivity contribution in [3.8, 4) is 0 Å². The van der Waals surface area contributed by atoms with Crippen LogP contribution in [-0.4, -0.2) is 55.4 Å². The molecule has 0 aliphatic rings. The van der Waals surface area contributed by atoms with Crippen molar-refractivity contribution >= 4 is 8.80 Å². The molecular formula is C9H17F5O5Si. The second kappa shape index (κ2) is 8.19. The van der Waals surface area contributed by atoms with E-state index in [1.165, 1.54) is 21.3 Å². The van der Waals surface area contributed by atoms with Gasteiger partial charge >= 0.3 is 20.8 Å².